The second kappa shape index (κ2) is 6.99. The fourth-order valence-corrected chi connectivity index (χ4v) is 3.01. The van der Waals surface area contributed by atoms with Gasteiger partial charge in [0.1, 0.15) is 5.75 Å². The predicted octanol–water partition coefficient (Wildman–Crippen LogP) is 3.77. The summed E-state index contributed by atoms with van der Waals surface area (Å²) in [5.41, 5.74) is 3.36. The third kappa shape index (κ3) is 3.42. The molecule has 6 heteroatoms. The Kier molecular flexibility index (Phi) is 4.38. The van der Waals surface area contributed by atoms with E-state index < -0.39 is 0 Å². The molecule has 4 rings (SSSR count). The summed E-state index contributed by atoms with van der Waals surface area (Å²) in [6, 6.07) is 16.4. The first-order valence-corrected chi connectivity index (χ1v) is 8.58. The number of carbonyl (C=O) groups excluding carboxylic acids is 2. The van der Waals surface area contributed by atoms with E-state index >= 15 is 0 Å². The zero-order valence-corrected chi connectivity index (χ0v) is 14.8. The molecule has 2 heterocycles. The first kappa shape index (κ1) is 16.9. The SMILES string of the molecule is Cc1ccccc1CN1C(=O)COc2ccc(NC(=O)c3ccco3)cc21. The Morgan fingerprint density at radius 1 is 1.15 bits per heavy atom. The Hall–Kier alpha value is -3.54. The Balaban J connectivity index is 1.63. The number of anilines is 2. The number of hydrogen-bond donors (Lipinski definition) is 1. The van der Waals surface area contributed by atoms with Crippen LogP contribution in [0.4, 0.5) is 11.4 Å². The predicted molar refractivity (Wildman–Crippen MR) is 101 cm³/mol. The summed E-state index contributed by atoms with van der Waals surface area (Å²) in [4.78, 5) is 26.4. The topological polar surface area (TPSA) is 71.8 Å². The van der Waals surface area contributed by atoms with Crippen molar-refractivity contribution in [1.29, 1.82) is 0 Å². The molecular formula is C21H18N2O4. The summed E-state index contributed by atoms with van der Waals surface area (Å²) in [7, 11) is 0. The number of benzene rings is 2. The molecule has 0 fully saturated rings. The fraction of sp³-hybridized carbons (Fsp3) is 0.143. The zero-order valence-electron chi connectivity index (χ0n) is 14.8. The van der Waals surface area contributed by atoms with Gasteiger partial charge in [0, 0.05) is 5.69 Å². The van der Waals surface area contributed by atoms with Crippen molar-refractivity contribution < 1.29 is 18.7 Å². The van der Waals surface area contributed by atoms with E-state index in [0.717, 1.165) is 11.1 Å². The number of nitrogens with zero attached hydrogens (tertiary/aromatic N) is 1. The maximum atomic E-state index is 12.5. The molecule has 1 N–H and O–H groups in total. The first-order valence-electron chi connectivity index (χ1n) is 8.58. The largest absolute Gasteiger partial charge is 0.482 e. The summed E-state index contributed by atoms with van der Waals surface area (Å²) in [6.07, 6.45) is 1.44. The smallest absolute Gasteiger partial charge is 0.291 e. The molecule has 0 aliphatic carbocycles. The number of amides is 2. The fourth-order valence-electron chi connectivity index (χ4n) is 3.01. The van der Waals surface area contributed by atoms with E-state index in [1.165, 1.54) is 6.26 Å². The van der Waals surface area contributed by atoms with Crippen LogP contribution in [0.1, 0.15) is 21.7 Å². The number of furan rings is 1. The van der Waals surface area contributed by atoms with Crippen LogP contribution in [0.5, 0.6) is 5.75 Å². The lowest BCUT2D eigenvalue weighted by Crippen LogP contribution is -2.38. The lowest BCUT2D eigenvalue weighted by Gasteiger charge is -2.30. The van der Waals surface area contributed by atoms with Crippen molar-refractivity contribution >= 4 is 23.2 Å². The number of carbonyl (C=O) groups is 2. The Morgan fingerprint density at radius 3 is 2.78 bits per heavy atom. The summed E-state index contributed by atoms with van der Waals surface area (Å²) >= 11 is 0. The molecule has 0 atom stereocenters. The molecule has 27 heavy (non-hydrogen) atoms. The highest BCUT2D eigenvalue weighted by Crippen LogP contribution is 2.36. The van der Waals surface area contributed by atoms with Gasteiger partial charge in [0.2, 0.25) is 0 Å². The van der Waals surface area contributed by atoms with E-state index in [-0.39, 0.29) is 24.2 Å². The minimum atomic E-state index is -0.353. The number of aryl methyl sites for hydroxylation is 1. The molecule has 1 aromatic heterocycles. The van der Waals surface area contributed by atoms with Gasteiger partial charge in [-0.05, 0) is 48.4 Å². The molecule has 0 radical (unpaired) electrons. The number of ether oxygens (including phenoxy) is 1. The monoisotopic (exact) mass is 362 g/mol. The molecule has 0 unspecified atom stereocenters. The average Bonchev–Trinajstić information content (AvgIpc) is 3.21. The van der Waals surface area contributed by atoms with Crippen molar-refractivity contribution in [2.45, 2.75) is 13.5 Å². The third-order valence-electron chi connectivity index (χ3n) is 4.49. The maximum Gasteiger partial charge on any atom is 0.291 e. The summed E-state index contributed by atoms with van der Waals surface area (Å²) in [5, 5.41) is 2.78. The highest BCUT2D eigenvalue weighted by atomic mass is 16.5. The molecule has 136 valence electrons. The minimum Gasteiger partial charge on any atom is -0.482 e. The molecule has 1 aliphatic heterocycles. The molecule has 0 saturated heterocycles. The van der Waals surface area contributed by atoms with Crippen molar-refractivity contribution in [2.24, 2.45) is 0 Å². The Labute approximate surface area is 156 Å². The van der Waals surface area contributed by atoms with Gasteiger partial charge in [0.15, 0.2) is 12.4 Å². The molecule has 1 aliphatic rings. The molecule has 0 spiro atoms. The van der Waals surface area contributed by atoms with Crippen LogP contribution in [0, 0.1) is 6.92 Å². The second-order valence-electron chi connectivity index (χ2n) is 6.31. The van der Waals surface area contributed by atoms with Crippen LogP contribution in [0.2, 0.25) is 0 Å². The molecule has 2 amide bonds. The van der Waals surface area contributed by atoms with Crippen LogP contribution < -0.4 is 15.0 Å². The van der Waals surface area contributed by atoms with E-state index in [0.29, 0.717) is 23.7 Å². The maximum absolute atomic E-state index is 12.5. The van der Waals surface area contributed by atoms with Crippen LogP contribution in [0.25, 0.3) is 0 Å². The molecule has 3 aromatic rings. The van der Waals surface area contributed by atoms with Crippen molar-refractivity contribution in [1.82, 2.24) is 0 Å². The molecule has 2 aromatic carbocycles. The lowest BCUT2D eigenvalue weighted by atomic mass is 10.1. The second-order valence-corrected chi connectivity index (χ2v) is 6.31. The Morgan fingerprint density at radius 2 is 2.00 bits per heavy atom. The highest BCUT2D eigenvalue weighted by Gasteiger charge is 2.26. The highest BCUT2D eigenvalue weighted by molar-refractivity contribution is 6.03. The van der Waals surface area contributed by atoms with Crippen molar-refractivity contribution in [2.75, 3.05) is 16.8 Å². The zero-order chi connectivity index (χ0) is 18.8. The van der Waals surface area contributed by atoms with Gasteiger partial charge in [0.05, 0.1) is 18.5 Å². The molecule has 0 saturated carbocycles. The van der Waals surface area contributed by atoms with Gasteiger partial charge in [-0.25, -0.2) is 0 Å². The number of fused-ring (bicyclic) bond motifs is 1. The van der Waals surface area contributed by atoms with Gasteiger partial charge in [-0.15, -0.1) is 0 Å². The van der Waals surface area contributed by atoms with E-state index in [1.807, 2.05) is 31.2 Å². The van der Waals surface area contributed by atoms with Crippen LogP contribution >= 0.6 is 0 Å². The van der Waals surface area contributed by atoms with Gasteiger partial charge in [-0.1, -0.05) is 24.3 Å². The molecule has 0 bridgehead atoms. The van der Waals surface area contributed by atoms with Gasteiger partial charge in [0.25, 0.3) is 11.8 Å². The van der Waals surface area contributed by atoms with Crippen molar-refractivity contribution in [3.63, 3.8) is 0 Å². The van der Waals surface area contributed by atoms with Crippen molar-refractivity contribution in [3.8, 4) is 5.75 Å². The Bertz CT molecular complexity index is 995. The van der Waals surface area contributed by atoms with Gasteiger partial charge >= 0.3 is 0 Å². The number of rotatable bonds is 4. The first-order chi connectivity index (χ1) is 13.1. The molecule has 6 nitrogen and oxygen atoms in total. The standard InChI is InChI=1S/C21H18N2O4/c1-14-5-2-3-6-15(14)12-23-17-11-16(8-9-18(17)27-13-20(23)24)22-21(25)19-7-4-10-26-19/h2-11H,12-13H2,1H3,(H,22,25). The van der Waals surface area contributed by atoms with Gasteiger partial charge in [-0.3, -0.25) is 9.59 Å². The van der Waals surface area contributed by atoms with E-state index in [2.05, 4.69) is 5.32 Å². The van der Waals surface area contributed by atoms with Crippen LogP contribution in [-0.4, -0.2) is 18.4 Å². The summed E-state index contributed by atoms with van der Waals surface area (Å²) in [6.45, 7) is 2.45. The normalized spacial score (nSPS) is 13.1. The summed E-state index contributed by atoms with van der Waals surface area (Å²) in [5.74, 6) is 0.352. The van der Waals surface area contributed by atoms with Crippen molar-refractivity contribution in [3.05, 3.63) is 77.7 Å². The molecular weight excluding hydrogens is 344 g/mol. The van der Waals surface area contributed by atoms with E-state index in [4.69, 9.17) is 9.15 Å². The van der Waals surface area contributed by atoms with Gasteiger partial charge in [-0.2, -0.15) is 0 Å². The third-order valence-corrected chi connectivity index (χ3v) is 4.49. The lowest BCUT2D eigenvalue weighted by molar-refractivity contribution is -0.121. The minimum absolute atomic E-state index is 0.00299. The van der Waals surface area contributed by atoms with Crippen LogP contribution in [0.3, 0.4) is 0 Å². The van der Waals surface area contributed by atoms with Gasteiger partial charge < -0.3 is 19.4 Å². The number of hydrogen-bond acceptors (Lipinski definition) is 4. The summed E-state index contributed by atoms with van der Waals surface area (Å²) < 4.78 is 10.7. The van der Waals surface area contributed by atoms with E-state index in [1.54, 1.807) is 35.2 Å². The van der Waals surface area contributed by atoms with Crippen LogP contribution in [-0.2, 0) is 11.3 Å². The number of nitrogens with one attached hydrogen (secondary N) is 1. The quantitative estimate of drug-likeness (QED) is 0.767. The average molecular weight is 362 g/mol. The van der Waals surface area contributed by atoms with E-state index in [9.17, 15) is 9.59 Å². The van der Waals surface area contributed by atoms with Crippen LogP contribution in [0.15, 0.2) is 65.3 Å².